The van der Waals surface area contributed by atoms with Gasteiger partial charge in [-0.15, -0.1) is 0 Å². The molecular weight excluding hydrogens is 232 g/mol. The van der Waals surface area contributed by atoms with Crippen LogP contribution in [0, 0.1) is 0 Å². The van der Waals surface area contributed by atoms with Crippen molar-refractivity contribution >= 4 is 0 Å². The van der Waals surface area contributed by atoms with Gasteiger partial charge in [0.1, 0.15) is 5.75 Å². The lowest BCUT2D eigenvalue weighted by molar-refractivity contribution is -0.0152. The monoisotopic (exact) mass is 250 g/mol. The maximum Gasteiger partial charge on any atom is 0.121 e. The number of ether oxygens (including phenoxy) is 1. The molecule has 0 bridgehead atoms. The third-order valence-electron chi connectivity index (χ3n) is 3.20. The number of phenolic OH excluding ortho intramolecular Hbond substituents is 1. The molecule has 0 aliphatic carbocycles. The first kappa shape index (κ1) is 13.1. The fourth-order valence-electron chi connectivity index (χ4n) is 2.20. The van der Waals surface area contributed by atoms with Gasteiger partial charge in [0.25, 0.3) is 0 Å². The summed E-state index contributed by atoms with van der Waals surface area (Å²) in [6.07, 6.45) is 1.51. The van der Waals surface area contributed by atoms with Gasteiger partial charge < -0.3 is 20.1 Å². The van der Waals surface area contributed by atoms with Crippen LogP contribution in [0.1, 0.15) is 30.6 Å². The van der Waals surface area contributed by atoms with E-state index in [2.05, 4.69) is 0 Å². The average Bonchev–Trinajstić information content (AvgIpc) is 2.74. The van der Waals surface area contributed by atoms with Gasteiger partial charge in [0.15, 0.2) is 0 Å². The molecule has 3 unspecified atom stereocenters. The highest BCUT2D eigenvalue weighted by Gasteiger charge is 2.29. The van der Waals surface area contributed by atoms with Gasteiger partial charge in [0.2, 0.25) is 0 Å². The van der Waals surface area contributed by atoms with Crippen LogP contribution in [0.25, 0.3) is 0 Å². The SMILES string of the molecule is CC=CC(O)C(O)CC1OCc2c(O)cccc21. The molecule has 18 heavy (non-hydrogen) atoms. The summed E-state index contributed by atoms with van der Waals surface area (Å²) in [5, 5.41) is 29.2. The topological polar surface area (TPSA) is 69.9 Å². The van der Waals surface area contributed by atoms with E-state index in [-0.39, 0.29) is 11.9 Å². The summed E-state index contributed by atoms with van der Waals surface area (Å²) in [5.41, 5.74) is 1.66. The molecule has 0 saturated carbocycles. The fourth-order valence-corrected chi connectivity index (χ4v) is 2.20. The Morgan fingerprint density at radius 3 is 2.94 bits per heavy atom. The number of phenols is 1. The number of fused-ring (bicyclic) bond motifs is 1. The number of aliphatic hydroxyl groups is 2. The van der Waals surface area contributed by atoms with Gasteiger partial charge in [-0.05, 0) is 18.6 Å². The van der Waals surface area contributed by atoms with Crippen LogP contribution in [-0.2, 0) is 11.3 Å². The molecule has 4 heteroatoms. The minimum atomic E-state index is -0.889. The standard InChI is InChI=1S/C14H18O4/c1-2-4-12(16)13(17)7-14-9-5-3-6-11(15)10(9)8-18-14/h2-6,12-17H,7-8H2,1H3. The van der Waals surface area contributed by atoms with Crippen LogP contribution in [0.15, 0.2) is 30.4 Å². The van der Waals surface area contributed by atoms with E-state index < -0.39 is 12.2 Å². The highest BCUT2D eigenvalue weighted by Crippen LogP contribution is 2.38. The number of hydrogen-bond donors (Lipinski definition) is 3. The minimum absolute atomic E-state index is 0.221. The second kappa shape index (κ2) is 5.52. The normalized spacial score (nSPS) is 22.1. The van der Waals surface area contributed by atoms with E-state index in [9.17, 15) is 15.3 Å². The lowest BCUT2D eigenvalue weighted by Gasteiger charge is -2.19. The molecule has 3 N–H and O–H groups in total. The zero-order chi connectivity index (χ0) is 13.1. The van der Waals surface area contributed by atoms with Crippen molar-refractivity contribution in [2.24, 2.45) is 0 Å². The number of hydrogen-bond acceptors (Lipinski definition) is 4. The summed E-state index contributed by atoms with van der Waals surface area (Å²) < 4.78 is 5.55. The average molecular weight is 250 g/mol. The molecule has 0 radical (unpaired) electrons. The Labute approximate surface area is 106 Å². The predicted molar refractivity (Wildman–Crippen MR) is 67.1 cm³/mol. The van der Waals surface area contributed by atoms with Crippen molar-refractivity contribution in [3.8, 4) is 5.75 Å². The molecule has 0 spiro atoms. The molecule has 1 aliphatic rings. The largest absolute Gasteiger partial charge is 0.508 e. The van der Waals surface area contributed by atoms with E-state index in [0.29, 0.717) is 13.0 Å². The Balaban J connectivity index is 2.08. The van der Waals surface area contributed by atoms with Crippen molar-refractivity contribution < 1.29 is 20.1 Å². The Kier molecular flexibility index (Phi) is 4.01. The number of aromatic hydroxyl groups is 1. The van der Waals surface area contributed by atoms with Gasteiger partial charge in [-0.1, -0.05) is 24.3 Å². The van der Waals surface area contributed by atoms with Gasteiger partial charge >= 0.3 is 0 Å². The molecule has 1 aliphatic heterocycles. The maximum atomic E-state index is 9.86. The molecule has 98 valence electrons. The van der Waals surface area contributed by atoms with Crippen LogP contribution in [0.3, 0.4) is 0 Å². The van der Waals surface area contributed by atoms with Gasteiger partial charge in [-0.2, -0.15) is 0 Å². The number of rotatable bonds is 4. The van der Waals surface area contributed by atoms with Crippen LogP contribution in [0.4, 0.5) is 0 Å². The summed E-state index contributed by atoms with van der Waals surface area (Å²) in [5.74, 6) is 0.221. The van der Waals surface area contributed by atoms with E-state index >= 15 is 0 Å². The molecule has 0 saturated heterocycles. The first-order chi connectivity index (χ1) is 8.63. The molecule has 4 nitrogen and oxygen atoms in total. The molecule has 0 amide bonds. The number of allylic oxidation sites excluding steroid dienone is 1. The molecular formula is C14H18O4. The Hall–Kier alpha value is -1.36. The van der Waals surface area contributed by atoms with Gasteiger partial charge in [-0.3, -0.25) is 0 Å². The smallest absolute Gasteiger partial charge is 0.121 e. The van der Waals surface area contributed by atoms with Crippen molar-refractivity contribution in [2.45, 2.75) is 38.3 Å². The number of aliphatic hydroxyl groups excluding tert-OH is 2. The van der Waals surface area contributed by atoms with E-state index in [1.807, 2.05) is 6.07 Å². The quantitative estimate of drug-likeness (QED) is 0.711. The van der Waals surface area contributed by atoms with Gasteiger partial charge in [0, 0.05) is 12.0 Å². The second-order valence-electron chi connectivity index (χ2n) is 4.46. The second-order valence-corrected chi connectivity index (χ2v) is 4.46. The van der Waals surface area contributed by atoms with E-state index in [0.717, 1.165) is 11.1 Å². The first-order valence-corrected chi connectivity index (χ1v) is 6.04. The third kappa shape index (κ3) is 2.56. The Morgan fingerprint density at radius 1 is 1.44 bits per heavy atom. The van der Waals surface area contributed by atoms with Gasteiger partial charge in [-0.25, -0.2) is 0 Å². The zero-order valence-corrected chi connectivity index (χ0v) is 10.3. The van der Waals surface area contributed by atoms with E-state index in [4.69, 9.17) is 4.74 Å². The Bertz CT molecular complexity index is 441. The summed E-state index contributed by atoms with van der Waals surface area (Å²) in [7, 11) is 0. The van der Waals surface area contributed by atoms with Crippen LogP contribution in [-0.4, -0.2) is 27.5 Å². The van der Waals surface area contributed by atoms with Gasteiger partial charge in [0.05, 0.1) is 24.9 Å². The molecule has 2 rings (SSSR count). The molecule has 1 heterocycles. The van der Waals surface area contributed by atoms with Crippen molar-refractivity contribution in [3.63, 3.8) is 0 Å². The first-order valence-electron chi connectivity index (χ1n) is 6.04. The van der Waals surface area contributed by atoms with Crippen LogP contribution < -0.4 is 0 Å². The molecule has 0 fully saturated rings. The zero-order valence-electron chi connectivity index (χ0n) is 10.3. The summed E-state index contributed by atoms with van der Waals surface area (Å²) >= 11 is 0. The highest BCUT2D eigenvalue weighted by atomic mass is 16.5. The van der Waals surface area contributed by atoms with Crippen molar-refractivity contribution in [1.82, 2.24) is 0 Å². The highest BCUT2D eigenvalue weighted by molar-refractivity contribution is 5.42. The lowest BCUT2D eigenvalue weighted by Crippen LogP contribution is -2.25. The van der Waals surface area contributed by atoms with Crippen LogP contribution in [0.5, 0.6) is 5.75 Å². The molecule has 0 aromatic heterocycles. The van der Waals surface area contributed by atoms with Crippen LogP contribution >= 0.6 is 0 Å². The molecule has 3 atom stereocenters. The lowest BCUT2D eigenvalue weighted by atomic mass is 9.98. The van der Waals surface area contributed by atoms with Crippen molar-refractivity contribution in [1.29, 1.82) is 0 Å². The predicted octanol–water partition coefficient (Wildman–Crippen LogP) is 1.65. The van der Waals surface area contributed by atoms with Crippen LogP contribution in [0.2, 0.25) is 0 Å². The molecule has 1 aromatic carbocycles. The van der Waals surface area contributed by atoms with Crippen molar-refractivity contribution in [3.05, 3.63) is 41.5 Å². The third-order valence-corrected chi connectivity index (χ3v) is 3.20. The minimum Gasteiger partial charge on any atom is -0.508 e. The molecule has 1 aromatic rings. The summed E-state index contributed by atoms with van der Waals surface area (Å²) in [6, 6.07) is 5.25. The summed E-state index contributed by atoms with van der Waals surface area (Å²) in [6.45, 7) is 2.13. The summed E-state index contributed by atoms with van der Waals surface area (Å²) in [4.78, 5) is 0. The Morgan fingerprint density at radius 2 is 2.22 bits per heavy atom. The van der Waals surface area contributed by atoms with E-state index in [1.54, 1.807) is 31.2 Å². The van der Waals surface area contributed by atoms with Crippen molar-refractivity contribution in [2.75, 3.05) is 0 Å². The number of benzene rings is 1. The maximum absolute atomic E-state index is 9.86. The fraction of sp³-hybridized carbons (Fsp3) is 0.429. The van der Waals surface area contributed by atoms with E-state index in [1.165, 1.54) is 0 Å².